The molecule has 21 heavy (non-hydrogen) atoms. The highest BCUT2D eigenvalue weighted by Crippen LogP contribution is 2.19. The Bertz CT molecular complexity index is 494. The number of ether oxygens (including phenoxy) is 2. The summed E-state index contributed by atoms with van der Waals surface area (Å²) in [6.07, 6.45) is 4.59. The molecule has 1 aromatic heterocycles. The Morgan fingerprint density at radius 3 is 2.57 bits per heavy atom. The highest BCUT2D eigenvalue weighted by atomic mass is 16.6. The van der Waals surface area contributed by atoms with Gasteiger partial charge in [0.25, 0.3) is 0 Å². The Labute approximate surface area is 127 Å². The molecule has 2 radical (unpaired) electrons. The SMILES string of the molecule is [B]c1cncc(OC2CCN(C(=O)OC(C)(C)C)CC2)c1. The number of amides is 1. The zero-order valence-electron chi connectivity index (χ0n) is 12.8. The molecule has 2 rings (SSSR count). The summed E-state index contributed by atoms with van der Waals surface area (Å²) in [5.41, 5.74) is 0.121. The molecule has 1 aliphatic rings. The van der Waals surface area contributed by atoms with Crippen molar-refractivity contribution in [2.24, 2.45) is 0 Å². The number of carbonyl (C=O) groups excluding carboxylic acids is 1. The molecule has 0 aromatic carbocycles. The molecule has 0 saturated carbocycles. The second kappa shape index (κ2) is 6.37. The molecule has 112 valence electrons. The Kier molecular flexibility index (Phi) is 4.75. The molecular weight excluding hydrogens is 267 g/mol. The van der Waals surface area contributed by atoms with Gasteiger partial charge in [0.2, 0.25) is 0 Å². The van der Waals surface area contributed by atoms with E-state index < -0.39 is 5.60 Å². The van der Waals surface area contributed by atoms with Gasteiger partial charge >= 0.3 is 6.09 Å². The lowest BCUT2D eigenvalue weighted by atomic mass is 9.99. The summed E-state index contributed by atoms with van der Waals surface area (Å²) in [7, 11) is 5.67. The van der Waals surface area contributed by atoms with Gasteiger partial charge in [-0.2, -0.15) is 0 Å². The number of carbonyl (C=O) groups is 1. The van der Waals surface area contributed by atoms with Crippen molar-refractivity contribution in [3.05, 3.63) is 18.5 Å². The van der Waals surface area contributed by atoms with Crippen LogP contribution in [0.3, 0.4) is 0 Å². The summed E-state index contributed by atoms with van der Waals surface area (Å²) in [5.74, 6) is 0.672. The maximum atomic E-state index is 12.0. The van der Waals surface area contributed by atoms with Crippen LogP contribution in [0, 0.1) is 0 Å². The number of piperidine rings is 1. The number of likely N-dealkylation sites (tertiary alicyclic amines) is 1. The summed E-state index contributed by atoms with van der Waals surface area (Å²) in [6, 6.07) is 1.76. The average Bonchev–Trinajstić information content (AvgIpc) is 2.37. The third-order valence-corrected chi connectivity index (χ3v) is 3.13. The smallest absolute Gasteiger partial charge is 0.410 e. The minimum atomic E-state index is -0.461. The van der Waals surface area contributed by atoms with Crippen LogP contribution in [0.1, 0.15) is 33.6 Å². The van der Waals surface area contributed by atoms with Crippen LogP contribution in [0.15, 0.2) is 18.5 Å². The van der Waals surface area contributed by atoms with E-state index in [9.17, 15) is 4.79 Å². The summed E-state index contributed by atoms with van der Waals surface area (Å²) >= 11 is 0. The van der Waals surface area contributed by atoms with E-state index in [0.29, 0.717) is 24.3 Å². The lowest BCUT2D eigenvalue weighted by Gasteiger charge is -2.33. The van der Waals surface area contributed by atoms with E-state index in [1.807, 2.05) is 20.8 Å². The van der Waals surface area contributed by atoms with Crippen molar-refractivity contribution in [1.29, 1.82) is 0 Å². The molecule has 6 heteroatoms. The van der Waals surface area contributed by atoms with Crippen molar-refractivity contribution < 1.29 is 14.3 Å². The monoisotopic (exact) mass is 288 g/mol. The molecule has 0 N–H and O–H groups in total. The van der Waals surface area contributed by atoms with Crippen LogP contribution in [-0.4, -0.2) is 48.6 Å². The van der Waals surface area contributed by atoms with E-state index in [-0.39, 0.29) is 12.2 Å². The topological polar surface area (TPSA) is 51.7 Å². The minimum Gasteiger partial charge on any atom is -0.489 e. The van der Waals surface area contributed by atoms with Crippen molar-refractivity contribution >= 4 is 19.4 Å². The Morgan fingerprint density at radius 1 is 1.33 bits per heavy atom. The Balaban J connectivity index is 1.82. The molecule has 2 heterocycles. The normalized spacial score (nSPS) is 16.6. The summed E-state index contributed by atoms with van der Waals surface area (Å²) in [5, 5.41) is 0. The number of nitrogens with zero attached hydrogens (tertiary/aromatic N) is 2. The number of aromatic nitrogens is 1. The van der Waals surface area contributed by atoms with Gasteiger partial charge < -0.3 is 14.4 Å². The van der Waals surface area contributed by atoms with Gasteiger partial charge in [-0.05, 0) is 26.8 Å². The van der Waals surface area contributed by atoms with Crippen LogP contribution in [-0.2, 0) is 4.74 Å². The van der Waals surface area contributed by atoms with Gasteiger partial charge in [0.1, 0.15) is 25.3 Å². The number of pyridine rings is 1. The first-order chi connectivity index (χ1) is 9.83. The number of rotatable bonds is 2. The van der Waals surface area contributed by atoms with Crippen LogP contribution in [0.25, 0.3) is 0 Å². The minimum absolute atomic E-state index is 0.0762. The molecule has 1 amide bonds. The quantitative estimate of drug-likeness (QED) is 0.777. The van der Waals surface area contributed by atoms with Crippen LogP contribution in [0.4, 0.5) is 4.79 Å². The van der Waals surface area contributed by atoms with Gasteiger partial charge in [-0.1, -0.05) is 5.46 Å². The Morgan fingerprint density at radius 2 is 2.00 bits per heavy atom. The van der Waals surface area contributed by atoms with Crippen molar-refractivity contribution in [3.63, 3.8) is 0 Å². The molecule has 0 atom stereocenters. The molecule has 0 spiro atoms. The van der Waals surface area contributed by atoms with Gasteiger partial charge in [0.15, 0.2) is 0 Å². The third kappa shape index (κ3) is 4.95. The van der Waals surface area contributed by atoms with Crippen molar-refractivity contribution in [2.45, 2.75) is 45.3 Å². The lowest BCUT2D eigenvalue weighted by Crippen LogP contribution is -2.44. The fraction of sp³-hybridized carbons (Fsp3) is 0.600. The second-order valence-corrected chi connectivity index (χ2v) is 6.24. The van der Waals surface area contributed by atoms with Gasteiger partial charge in [0, 0.05) is 32.1 Å². The first-order valence-electron chi connectivity index (χ1n) is 7.18. The molecule has 0 unspecified atom stereocenters. The van der Waals surface area contributed by atoms with Crippen molar-refractivity contribution in [3.8, 4) is 5.75 Å². The van der Waals surface area contributed by atoms with Crippen LogP contribution >= 0.6 is 0 Å². The van der Waals surface area contributed by atoms with Crippen LogP contribution in [0.2, 0.25) is 0 Å². The molecule has 0 bridgehead atoms. The lowest BCUT2D eigenvalue weighted by molar-refractivity contribution is 0.0126. The molecule has 5 nitrogen and oxygen atoms in total. The maximum absolute atomic E-state index is 12.0. The molecule has 1 saturated heterocycles. The molecule has 1 fully saturated rings. The summed E-state index contributed by atoms with van der Waals surface area (Å²) in [4.78, 5) is 17.7. The predicted molar refractivity (Wildman–Crippen MR) is 81.1 cm³/mol. The third-order valence-electron chi connectivity index (χ3n) is 3.13. The zero-order chi connectivity index (χ0) is 15.5. The van der Waals surface area contributed by atoms with E-state index in [1.54, 1.807) is 23.4 Å². The van der Waals surface area contributed by atoms with E-state index in [2.05, 4.69) is 4.98 Å². The highest BCUT2D eigenvalue weighted by molar-refractivity contribution is 6.32. The number of hydrogen-bond donors (Lipinski definition) is 0. The standard InChI is InChI=1S/C15H21BN2O3/c1-15(2,3)21-14(19)18-6-4-12(5-7-18)20-13-8-11(16)9-17-10-13/h8-10,12H,4-7H2,1-3H3. The van der Waals surface area contributed by atoms with Crippen molar-refractivity contribution in [2.75, 3.05) is 13.1 Å². The molecule has 0 aliphatic carbocycles. The van der Waals surface area contributed by atoms with E-state index in [1.165, 1.54) is 0 Å². The fourth-order valence-corrected chi connectivity index (χ4v) is 2.18. The fourth-order valence-electron chi connectivity index (χ4n) is 2.18. The largest absolute Gasteiger partial charge is 0.489 e. The van der Waals surface area contributed by atoms with Gasteiger partial charge in [0.05, 0.1) is 6.20 Å². The van der Waals surface area contributed by atoms with Crippen molar-refractivity contribution in [1.82, 2.24) is 9.88 Å². The first kappa shape index (κ1) is 15.7. The van der Waals surface area contributed by atoms with E-state index in [0.717, 1.165) is 12.8 Å². The van der Waals surface area contributed by atoms with Gasteiger partial charge in [-0.3, -0.25) is 4.98 Å². The predicted octanol–water partition coefficient (Wildman–Crippen LogP) is 1.65. The Hall–Kier alpha value is -1.72. The molecule has 1 aromatic rings. The van der Waals surface area contributed by atoms with Gasteiger partial charge in [-0.15, -0.1) is 0 Å². The zero-order valence-corrected chi connectivity index (χ0v) is 12.8. The average molecular weight is 288 g/mol. The highest BCUT2D eigenvalue weighted by Gasteiger charge is 2.27. The number of hydrogen-bond acceptors (Lipinski definition) is 4. The van der Waals surface area contributed by atoms with Crippen LogP contribution in [0.5, 0.6) is 5.75 Å². The first-order valence-corrected chi connectivity index (χ1v) is 7.18. The second-order valence-electron chi connectivity index (χ2n) is 6.24. The van der Waals surface area contributed by atoms with E-state index >= 15 is 0 Å². The van der Waals surface area contributed by atoms with Gasteiger partial charge in [-0.25, -0.2) is 4.79 Å². The molecular formula is C15H21BN2O3. The summed E-state index contributed by atoms with van der Waals surface area (Å²) in [6.45, 7) is 6.87. The van der Waals surface area contributed by atoms with Crippen LogP contribution < -0.4 is 10.2 Å². The summed E-state index contributed by atoms with van der Waals surface area (Å²) < 4.78 is 11.2. The van der Waals surface area contributed by atoms with E-state index in [4.69, 9.17) is 17.3 Å². The maximum Gasteiger partial charge on any atom is 0.410 e. The molecule has 1 aliphatic heterocycles.